The average Bonchev–Trinajstić information content (AvgIpc) is 3.40. The molecule has 3 aromatic rings. The number of carbonyl (C=O) groups excluding carboxylic acids is 1. The quantitative estimate of drug-likeness (QED) is 0.295. The highest BCUT2D eigenvalue weighted by Crippen LogP contribution is 2.33. The van der Waals surface area contributed by atoms with Crippen molar-refractivity contribution in [3.05, 3.63) is 48.3 Å². The zero-order valence-corrected chi connectivity index (χ0v) is 24.9. The number of urea groups is 1. The van der Waals surface area contributed by atoms with E-state index in [2.05, 4.69) is 27.4 Å². The molecule has 2 aromatic heterocycles. The molecule has 222 valence electrons. The van der Waals surface area contributed by atoms with E-state index in [9.17, 15) is 13.2 Å². The van der Waals surface area contributed by atoms with Crippen LogP contribution in [0.25, 0.3) is 11.0 Å². The molecule has 2 aliphatic rings. The van der Waals surface area contributed by atoms with E-state index in [4.69, 9.17) is 9.47 Å². The number of hydrogen-bond acceptors (Lipinski definition) is 7. The Balaban J connectivity index is 1.26. The fourth-order valence-corrected chi connectivity index (χ4v) is 6.82. The number of nitrogens with zero attached hydrogens (tertiary/aromatic N) is 5. The summed E-state index contributed by atoms with van der Waals surface area (Å²) in [5.74, 6) is 1.79. The summed E-state index contributed by atoms with van der Waals surface area (Å²) in [5.41, 5.74) is 2.75. The number of fused-ring (bicyclic) bond motifs is 1. The van der Waals surface area contributed by atoms with E-state index in [1.807, 2.05) is 40.3 Å². The lowest BCUT2D eigenvalue weighted by molar-refractivity contribution is 0.192. The Bertz CT molecular complexity index is 1440. The van der Waals surface area contributed by atoms with E-state index in [0.717, 1.165) is 61.1 Å². The van der Waals surface area contributed by atoms with Crippen LogP contribution in [0.1, 0.15) is 38.2 Å². The zero-order valence-electron chi connectivity index (χ0n) is 24.1. The molecule has 2 saturated heterocycles. The molecule has 2 aliphatic heterocycles. The van der Waals surface area contributed by atoms with Crippen LogP contribution in [0.4, 0.5) is 10.5 Å². The van der Waals surface area contributed by atoms with E-state index in [1.54, 1.807) is 13.3 Å². The molecule has 41 heavy (non-hydrogen) atoms. The molecule has 0 atom stereocenters. The number of anilines is 1. The molecular formula is C30H41N5O5S. The molecular weight excluding hydrogens is 542 g/mol. The lowest BCUT2D eigenvalue weighted by Gasteiger charge is -2.36. The molecule has 4 heterocycles. The summed E-state index contributed by atoms with van der Waals surface area (Å²) in [6.45, 7) is 7.28. The number of methoxy groups -OCH3 is 1. The fourth-order valence-electron chi connectivity index (χ4n) is 5.54. The van der Waals surface area contributed by atoms with Crippen LogP contribution in [-0.4, -0.2) is 91.7 Å². The number of carbonyl (C=O) groups is 1. The van der Waals surface area contributed by atoms with E-state index in [0.29, 0.717) is 50.8 Å². The van der Waals surface area contributed by atoms with Gasteiger partial charge in [0.2, 0.25) is 0 Å². The average molecular weight is 584 g/mol. The van der Waals surface area contributed by atoms with Gasteiger partial charge in [-0.1, -0.05) is 19.8 Å². The van der Waals surface area contributed by atoms with Gasteiger partial charge in [0.15, 0.2) is 21.3 Å². The summed E-state index contributed by atoms with van der Waals surface area (Å²) in [6, 6.07) is 9.73. The number of aromatic nitrogens is 2. The topological polar surface area (TPSA) is 97.2 Å². The minimum atomic E-state index is -2.89. The molecule has 5 rings (SSSR count). The first-order valence-corrected chi connectivity index (χ1v) is 16.4. The smallest absolute Gasteiger partial charge is 0.324 e. The van der Waals surface area contributed by atoms with Crippen molar-refractivity contribution in [1.29, 1.82) is 0 Å². The van der Waals surface area contributed by atoms with Gasteiger partial charge in [0, 0.05) is 75.3 Å². The van der Waals surface area contributed by atoms with Crippen molar-refractivity contribution < 1.29 is 22.7 Å². The molecule has 0 radical (unpaired) electrons. The highest BCUT2D eigenvalue weighted by molar-refractivity contribution is 7.91. The Morgan fingerprint density at radius 2 is 1.80 bits per heavy atom. The van der Waals surface area contributed by atoms with Crippen molar-refractivity contribution in [1.82, 2.24) is 19.4 Å². The number of sulfone groups is 1. The van der Waals surface area contributed by atoms with Gasteiger partial charge in [-0.25, -0.2) is 18.2 Å². The van der Waals surface area contributed by atoms with Gasteiger partial charge >= 0.3 is 6.03 Å². The Labute approximate surface area is 242 Å². The summed E-state index contributed by atoms with van der Waals surface area (Å²) in [4.78, 5) is 24.2. The molecule has 11 heteroatoms. The first kappa shape index (κ1) is 29.2. The third-order valence-electron chi connectivity index (χ3n) is 7.98. The second-order valence-electron chi connectivity index (χ2n) is 10.8. The summed E-state index contributed by atoms with van der Waals surface area (Å²) >= 11 is 0. The number of amides is 2. The van der Waals surface area contributed by atoms with E-state index < -0.39 is 9.84 Å². The Morgan fingerprint density at radius 1 is 0.976 bits per heavy atom. The number of unbranched alkanes of at least 4 members (excludes halogenated alkanes) is 2. The maximum Gasteiger partial charge on any atom is 0.324 e. The minimum absolute atomic E-state index is 0.0252. The molecule has 0 spiro atoms. The van der Waals surface area contributed by atoms with Crippen LogP contribution in [0.15, 0.2) is 42.7 Å². The predicted molar refractivity (Wildman–Crippen MR) is 161 cm³/mol. The van der Waals surface area contributed by atoms with E-state index in [-0.39, 0.29) is 17.5 Å². The molecule has 0 N–H and O–H groups in total. The second-order valence-corrected chi connectivity index (χ2v) is 13.1. The Morgan fingerprint density at radius 3 is 2.59 bits per heavy atom. The van der Waals surface area contributed by atoms with Crippen LogP contribution in [-0.2, 0) is 22.9 Å². The predicted octanol–water partition coefficient (Wildman–Crippen LogP) is 4.18. The molecule has 0 aliphatic carbocycles. The Hall–Kier alpha value is -3.31. The molecule has 0 unspecified atom stereocenters. The number of ether oxygens (including phenoxy) is 2. The highest BCUT2D eigenvalue weighted by Gasteiger charge is 2.28. The van der Waals surface area contributed by atoms with Crippen molar-refractivity contribution in [2.75, 3.05) is 62.8 Å². The fraction of sp³-hybridized carbons (Fsp3) is 0.533. The van der Waals surface area contributed by atoms with Gasteiger partial charge in [0.1, 0.15) is 5.65 Å². The van der Waals surface area contributed by atoms with Gasteiger partial charge in [-0.05, 0) is 42.7 Å². The molecule has 0 bridgehead atoms. The molecule has 10 nitrogen and oxygen atoms in total. The number of benzene rings is 1. The van der Waals surface area contributed by atoms with Crippen molar-refractivity contribution in [2.24, 2.45) is 0 Å². The van der Waals surface area contributed by atoms with Gasteiger partial charge in [0.05, 0.1) is 25.2 Å². The van der Waals surface area contributed by atoms with E-state index in [1.165, 1.54) is 0 Å². The molecule has 2 amide bonds. The summed E-state index contributed by atoms with van der Waals surface area (Å²) in [5, 5.41) is 1.03. The number of hydrogen-bond donors (Lipinski definition) is 0. The lowest BCUT2D eigenvalue weighted by Crippen LogP contribution is -2.49. The molecule has 0 saturated carbocycles. The first-order chi connectivity index (χ1) is 19.9. The van der Waals surface area contributed by atoms with Crippen molar-refractivity contribution in [3.8, 4) is 11.5 Å². The van der Waals surface area contributed by atoms with Crippen molar-refractivity contribution >= 4 is 32.6 Å². The van der Waals surface area contributed by atoms with E-state index >= 15 is 0 Å². The zero-order chi connectivity index (χ0) is 28.8. The monoisotopic (exact) mass is 583 g/mol. The van der Waals surface area contributed by atoms with Crippen molar-refractivity contribution in [2.45, 2.75) is 45.7 Å². The number of rotatable bonds is 12. The van der Waals surface area contributed by atoms with Crippen molar-refractivity contribution in [3.63, 3.8) is 0 Å². The maximum absolute atomic E-state index is 13.7. The maximum atomic E-state index is 13.7. The van der Waals surface area contributed by atoms with Gasteiger partial charge in [0.25, 0.3) is 0 Å². The summed E-state index contributed by atoms with van der Waals surface area (Å²) < 4.78 is 37.1. The van der Waals surface area contributed by atoms with Crippen LogP contribution in [0, 0.1) is 0 Å². The SMILES string of the molecule is CCCCCOc1cc(N2CCCN(Cc3ccnc4c3ccn4CCN3CCS(=O)(=O)CC3)C2=O)ccc1OC. The summed E-state index contributed by atoms with van der Waals surface area (Å²) in [6.07, 6.45) is 7.92. The van der Waals surface area contributed by atoms with Gasteiger partial charge in [-0.15, -0.1) is 0 Å². The van der Waals surface area contributed by atoms with Crippen LogP contribution in [0.2, 0.25) is 0 Å². The minimum Gasteiger partial charge on any atom is -0.493 e. The first-order valence-electron chi connectivity index (χ1n) is 14.6. The standard InChI is InChI=1S/C30H41N5O5S/c1-3-4-5-19-40-28-22-25(7-8-27(28)39-2)35-13-6-12-34(30(35)36)23-24-9-11-31-29-26(24)10-14-33(29)16-15-32-17-20-41(37,38)21-18-32/h7-11,14,22H,3-6,12-13,15-21,23H2,1-2H3. The Kier molecular flexibility index (Phi) is 9.34. The molecule has 1 aromatic carbocycles. The third kappa shape index (κ3) is 6.95. The van der Waals surface area contributed by atoms with Crippen LogP contribution < -0.4 is 14.4 Å². The highest BCUT2D eigenvalue weighted by atomic mass is 32.2. The lowest BCUT2D eigenvalue weighted by atomic mass is 10.1. The van der Waals surface area contributed by atoms with Crippen LogP contribution in [0.3, 0.4) is 0 Å². The van der Waals surface area contributed by atoms with Gasteiger partial charge < -0.3 is 18.9 Å². The second kappa shape index (κ2) is 13.1. The molecule has 2 fully saturated rings. The largest absolute Gasteiger partial charge is 0.493 e. The van der Waals surface area contributed by atoms with Gasteiger partial charge in [-0.3, -0.25) is 9.80 Å². The van der Waals surface area contributed by atoms with Crippen LogP contribution >= 0.6 is 0 Å². The normalized spacial score (nSPS) is 17.8. The summed E-state index contributed by atoms with van der Waals surface area (Å²) in [7, 11) is -1.26. The third-order valence-corrected chi connectivity index (χ3v) is 9.59. The van der Waals surface area contributed by atoms with Gasteiger partial charge in [-0.2, -0.15) is 0 Å². The number of pyridine rings is 1. The van der Waals surface area contributed by atoms with Crippen LogP contribution in [0.5, 0.6) is 11.5 Å².